The first-order valence-electron chi connectivity index (χ1n) is 7.09. The normalized spacial score (nSPS) is 24.9. The molecule has 102 valence electrons. The van der Waals surface area contributed by atoms with Crippen LogP contribution in [0.4, 0.5) is 0 Å². The van der Waals surface area contributed by atoms with E-state index in [4.69, 9.17) is 0 Å². The third-order valence-electron chi connectivity index (χ3n) is 4.50. The molecule has 2 aliphatic carbocycles. The number of carboxylic acids is 1. The van der Waals surface area contributed by atoms with E-state index in [0.29, 0.717) is 0 Å². The van der Waals surface area contributed by atoms with Crippen molar-refractivity contribution in [3.05, 3.63) is 0 Å². The van der Waals surface area contributed by atoms with Gasteiger partial charge in [0, 0.05) is 6.04 Å². The number of hydrogen-bond acceptors (Lipinski definition) is 2. The quantitative estimate of drug-likeness (QED) is 0.597. The second kappa shape index (κ2) is 5.29. The summed E-state index contributed by atoms with van der Waals surface area (Å²) in [6, 6.07) is 0.224. The number of carboxylic acid groups (broad SMARTS) is 1. The summed E-state index contributed by atoms with van der Waals surface area (Å²) in [5, 5.41) is 12.4. The molecule has 0 radical (unpaired) electrons. The van der Waals surface area contributed by atoms with E-state index in [0.717, 1.165) is 51.4 Å². The van der Waals surface area contributed by atoms with Crippen LogP contribution in [0.3, 0.4) is 0 Å². The average molecular weight is 253 g/mol. The Labute approximate surface area is 108 Å². The molecule has 1 amide bonds. The Morgan fingerprint density at radius 1 is 1.06 bits per heavy atom. The number of carbonyl (C=O) groups excluding carboxylic acids is 1. The Morgan fingerprint density at radius 2 is 1.61 bits per heavy atom. The first-order chi connectivity index (χ1) is 8.55. The van der Waals surface area contributed by atoms with Crippen molar-refractivity contribution in [3.8, 4) is 0 Å². The molecule has 0 aromatic heterocycles. The van der Waals surface area contributed by atoms with Crippen LogP contribution >= 0.6 is 0 Å². The molecule has 4 heteroatoms. The predicted molar refractivity (Wildman–Crippen MR) is 68.1 cm³/mol. The van der Waals surface area contributed by atoms with Crippen LogP contribution in [0.5, 0.6) is 0 Å². The highest BCUT2D eigenvalue weighted by Crippen LogP contribution is 2.39. The second-order valence-corrected chi connectivity index (χ2v) is 5.94. The molecule has 0 spiro atoms. The predicted octanol–water partition coefficient (Wildman–Crippen LogP) is 2.33. The molecule has 2 rings (SSSR count). The van der Waals surface area contributed by atoms with E-state index in [1.165, 1.54) is 0 Å². The Kier molecular flexibility index (Phi) is 3.93. The molecule has 2 saturated carbocycles. The standard InChI is InChI=1S/C14H23NO3/c1-14(13(17)18,12(16)15-11-8-9-11)10-6-4-2-3-5-7-10/h10-11H,2-9H2,1H3,(H,15,16)(H,17,18). The van der Waals surface area contributed by atoms with Gasteiger partial charge in [-0.3, -0.25) is 9.59 Å². The van der Waals surface area contributed by atoms with E-state index in [9.17, 15) is 14.7 Å². The van der Waals surface area contributed by atoms with E-state index in [1.807, 2.05) is 0 Å². The van der Waals surface area contributed by atoms with Crippen molar-refractivity contribution in [2.75, 3.05) is 0 Å². The van der Waals surface area contributed by atoms with Crippen LogP contribution < -0.4 is 5.32 Å². The number of amides is 1. The van der Waals surface area contributed by atoms with Crippen molar-refractivity contribution in [1.82, 2.24) is 5.32 Å². The Hall–Kier alpha value is -1.06. The lowest BCUT2D eigenvalue weighted by Crippen LogP contribution is -2.50. The van der Waals surface area contributed by atoms with Crippen LogP contribution in [0.15, 0.2) is 0 Å². The fourth-order valence-corrected chi connectivity index (χ4v) is 2.88. The number of hydrogen-bond donors (Lipinski definition) is 2. The van der Waals surface area contributed by atoms with Crippen molar-refractivity contribution >= 4 is 11.9 Å². The summed E-state index contributed by atoms with van der Waals surface area (Å²) in [4.78, 5) is 23.9. The molecule has 0 saturated heterocycles. The molecule has 18 heavy (non-hydrogen) atoms. The Bertz CT molecular complexity index is 330. The molecule has 0 aliphatic heterocycles. The summed E-state index contributed by atoms with van der Waals surface area (Å²) in [6.45, 7) is 1.61. The van der Waals surface area contributed by atoms with Crippen LogP contribution in [0, 0.1) is 11.3 Å². The number of nitrogens with one attached hydrogen (secondary N) is 1. The molecule has 0 bridgehead atoms. The van der Waals surface area contributed by atoms with E-state index in [2.05, 4.69) is 5.32 Å². The van der Waals surface area contributed by atoms with Crippen molar-refractivity contribution in [3.63, 3.8) is 0 Å². The third-order valence-corrected chi connectivity index (χ3v) is 4.50. The fraction of sp³-hybridized carbons (Fsp3) is 0.857. The van der Waals surface area contributed by atoms with Crippen LogP contribution in [-0.4, -0.2) is 23.0 Å². The minimum Gasteiger partial charge on any atom is -0.480 e. The molecular formula is C14H23NO3. The zero-order valence-electron chi connectivity index (χ0n) is 11.1. The lowest BCUT2D eigenvalue weighted by molar-refractivity contribution is -0.159. The van der Waals surface area contributed by atoms with Gasteiger partial charge in [-0.25, -0.2) is 0 Å². The highest BCUT2D eigenvalue weighted by Gasteiger charge is 2.48. The van der Waals surface area contributed by atoms with E-state index in [1.54, 1.807) is 6.92 Å². The minimum absolute atomic E-state index is 0.0174. The third kappa shape index (κ3) is 2.68. The van der Waals surface area contributed by atoms with E-state index < -0.39 is 11.4 Å². The van der Waals surface area contributed by atoms with Gasteiger partial charge in [0.2, 0.25) is 5.91 Å². The smallest absolute Gasteiger partial charge is 0.319 e. The topological polar surface area (TPSA) is 66.4 Å². The number of aliphatic carboxylic acids is 1. The van der Waals surface area contributed by atoms with Gasteiger partial charge in [0.15, 0.2) is 0 Å². The molecule has 2 fully saturated rings. The average Bonchev–Trinajstić information content (AvgIpc) is 3.13. The lowest BCUT2D eigenvalue weighted by atomic mass is 9.72. The van der Waals surface area contributed by atoms with Gasteiger partial charge in [-0.15, -0.1) is 0 Å². The van der Waals surface area contributed by atoms with Crippen molar-refractivity contribution in [2.45, 2.75) is 64.3 Å². The monoisotopic (exact) mass is 253 g/mol. The molecule has 0 aromatic rings. The first kappa shape index (κ1) is 13.4. The summed E-state index contributed by atoms with van der Waals surface area (Å²) >= 11 is 0. The van der Waals surface area contributed by atoms with Crippen molar-refractivity contribution < 1.29 is 14.7 Å². The molecule has 1 unspecified atom stereocenters. The van der Waals surface area contributed by atoms with Gasteiger partial charge in [-0.1, -0.05) is 25.7 Å². The second-order valence-electron chi connectivity index (χ2n) is 5.94. The molecule has 1 atom stereocenters. The summed E-state index contributed by atoms with van der Waals surface area (Å²) < 4.78 is 0. The Balaban J connectivity index is 2.12. The maximum Gasteiger partial charge on any atom is 0.319 e. The van der Waals surface area contributed by atoms with Gasteiger partial charge in [0.05, 0.1) is 0 Å². The largest absolute Gasteiger partial charge is 0.480 e. The van der Waals surface area contributed by atoms with Gasteiger partial charge in [0.25, 0.3) is 0 Å². The summed E-state index contributed by atoms with van der Waals surface area (Å²) in [5.41, 5.74) is -1.24. The highest BCUT2D eigenvalue weighted by molar-refractivity contribution is 6.02. The zero-order valence-corrected chi connectivity index (χ0v) is 11.1. The van der Waals surface area contributed by atoms with Crippen LogP contribution in [-0.2, 0) is 9.59 Å². The lowest BCUT2D eigenvalue weighted by Gasteiger charge is -2.32. The Morgan fingerprint density at radius 3 is 2.06 bits per heavy atom. The summed E-state index contributed by atoms with van der Waals surface area (Å²) in [5.74, 6) is -1.26. The van der Waals surface area contributed by atoms with Gasteiger partial charge in [-0.05, 0) is 38.5 Å². The van der Waals surface area contributed by atoms with Gasteiger partial charge >= 0.3 is 5.97 Å². The molecule has 4 nitrogen and oxygen atoms in total. The van der Waals surface area contributed by atoms with Crippen LogP contribution in [0.1, 0.15) is 58.3 Å². The van der Waals surface area contributed by atoms with Crippen molar-refractivity contribution in [1.29, 1.82) is 0 Å². The number of rotatable bonds is 4. The van der Waals surface area contributed by atoms with Crippen LogP contribution in [0.25, 0.3) is 0 Å². The van der Waals surface area contributed by atoms with Gasteiger partial charge in [-0.2, -0.15) is 0 Å². The maximum atomic E-state index is 12.3. The zero-order chi connectivity index (χ0) is 13.2. The molecular weight excluding hydrogens is 230 g/mol. The molecule has 2 aliphatic rings. The highest BCUT2D eigenvalue weighted by atomic mass is 16.4. The van der Waals surface area contributed by atoms with Crippen molar-refractivity contribution in [2.24, 2.45) is 11.3 Å². The summed E-state index contributed by atoms with van der Waals surface area (Å²) in [6.07, 6.45) is 8.13. The van der Waals surface area contributed by atoms with Gasteiger partial charge in [0.1, 0.15) is 5.41 Å². The van der Waals surface area contributed by atoms with Gasteiger partial charge < -0.3 is 10.4 Å². The van der Waals surface area contributed by atoms with Crippen LogP contribution in [0.2, 0.25) is 0 Å². The fourth-order valence-electron chi connectivity index (χ4n) is 2.88. The molecule has 0 aromatic carbocycles. The van der Waals surface area contributed by atoms with E-state index in [-0.39, 0.29) is 17.9 Å². The molecule has 2 N–H and O–H groups in total. The minimum atomic E-state index is -1.24. The summed E-state index contributed by atoms with van der Waals surface area (Å²) in [7, 11) is 0. The molecule has 0 heterocycles. The maximum absolute atomic E-state index is 12.3. The van der Waals surface area contributed by atoms with E-state index >= 15 is 0 Å². The number of carbonyl (C=O) groups is 2. The SMILES string of the molecule is CC(C(=O)O)(C(=O)NC1CC1)C1CCCCCC1. The first-order valence-corrected chi connectivity index (χ1v) is 7.09.